The van der Waals surface area contributed by atoms with Crippen LogP contribution in [0.3, 0.4) is 0 Å². The van der Waals surface area contributed by atoms with Crippen LogP contribution in [-0.4, -0.2) is 31.6 Å². The number of fused-ring (bicyclic) bond motifs is 1. The molecule has 0 N–H and O–H groups in total. The van der Waals surface area contributed by atoms with Gasteiger partial charge in [-0.25, -0.2) is 15.0 Å². The van der Waals surface area contributed by atoms with Crippen molar-refractivity contribution in [3.05, 3.63) is 28.7 Å². The van der Waals surface area contributed by atoms with Gasteiger partial charge in [0.05, 0.1) is 30.7 Å². The number of alkyl halides is 1. The fourth-order valence-electron chi connectivity index (χ4n) is 1.86. The van der Waals surface area contributed by atoms with Gasteiger partial charge in [0.2, 0.25) is 5.88 Å². The molecule has 0 aliphatic rings. The van der Waals surface area contributed by atoms with E-state index in [1.165, 1.54) is 6.33 Å². The van der Waals surface area contributed by atoms with Crippen molar-refractivity contribution in [1.29, 1.82) is 0 Å². The normalized spacial score (nSPS) is 11.1. The van der Waals surface area contributed by atoms with E-state index in [1.54, 1.807) is 24.0 Å². The quantitative estimate of drug-likeness (QED) is 0.690. The van der Waals surface area contributed by atoms with Gasteiger partial charge in [-0.15, -0.1) is 22.9 Å². The summed E-state index contributed by atoms with van der Waals surface area (Å²) in [7, 11) is 1.56. The van der Waals surface area contributed by atoms with Crippen LogP contribution in [0.15, 0.2) is 17.2 Å². The van der Waals surface area contributed by atoms with E-state index in [9.17, 15) is 0 Å². The number of halogens is 1. The topological polar surface area (TPSA) is 65.7 Å². The molecule has 8 heteroatoms. The molecule has 0 aromatic carbocycles. The Balaban J connectivity index is 2.16. The summed E-state index contributed by atoms with van der Waals surface area (Å²) >= 11 is 7.50. The molecule has 0 fully saturated rings. The van der Waals surface area contributed by atoms with Crippen molar-refractivity contribution in [3.63, 3.8) is 0 Å². The van der Waals surface area contributed by atoms with Crippen molar-refractivity contribution in [1.82, 2.24) is 24.5 Å². The van der Waals surface area contributed by atoms with E-state index < -0.39 is 0 Å². The molecule has 3 heterocycles. The number of hydrogen-bond donors (Lipinski definition) is 0. The third kappa shape index (κ3) is 2.15. The first-order chi connectivity index (χ1) is 9.33. The number of methoxy groups -OCH3 is 1. The zero-order chi connectivity index (χ0) is 13.2. The first kappa shape index (κ1) is 12.3. The summed E-state index contributed by atoms with van der Waals surface area (Å²) in [6, 6.07) is 0. The van der Waals surface area contributed by atoms with Gasteiger partial charge in [-0.05, 0) is 0 Å². The predicted molar refractivity (Wildman–Crippen MR) is 72.6 cm³/mol. The van der Waals surface area contributed by atoms with Crippen molar-refractivity contribution in [3.8, 4) is 5.88 Å². The molecule has 0 aliphatic heterocycles. The van der Waals surface area contributed by atoms with Gasteiger partial charge in [0, 0.05) is 5.38 Å². The molecule has 6 nitrogen and oxygen atoms in total. The summed E-state index contributed by atoms with van der Waals surface area (Å²) < 4.78 is 7.12. The molecule has 0 atom stereocenters. The Bertz CT molecular complexity index is 696. The monoisotopic (exact) mass is 295 g/mol. The Morgan fingerprint density at radius 2 is 2.26 bits per heavy atom. The van der Waals surface area contributed by atoms with Gasteiger partial charge < -0.3 is 9.30 Å². The summed E-state index contributed by atoms with van der Waals surface area (Å²) in [5.74, 6) is 1.47. The van der Waals surface area contributed by atoms with Crippen molar-refractivity contribution in [2.24, 2.45) is 0 Å². The van der Waals surface area contributed by atoms with Crippen LogP contribution in [0.25, 0.3) is 11.2 Å². The highest BCUT2D eigenvalue weighted by Gasteiger charge is 2.16. The second-order valence-corrected chi connectivity index (χ2v) is 4.77. The molecule has 0 radical (unpaired) electrons. The lowest BCUT2D eigenvalue weighted by molar-refractivity contribution is 0.401. The summed E-state index contributed by atoms with van der Waals surface area (Å²) in [6.07, 6.45) is 1.46. The first-order valence-electron chi connectivity index (χ1n) is 5.50. The van der Waals surface area contributed by atoms with Crippen LogP contribution in [0.4, 0.5) is 0 Å². The number of rotatable bonds is 4. The summed E-state index contributed by atoms with van der Waals surface area (Å²) in [5, 5.41) is 1.99. The molecule has 3 aromatic heterocycles. The number of thiazole rings is 1. The number of nitrogens with zero attached hydrogens (tertiary/aromatic N) is 5. The van der Waals surface area contributed by atoms with Gasteiger partial charge in [0.1, 0.15) is 12.2 Å². The number of hydrogen-bond acceptors (Lipinski definition) is 6. The summed E-state index contributed by atoms with van der Waals surface area (Å²) in [5.41, 5.74) is 4.07. The summed E-state index contributed by atoms with van der Waals surface area (Å²) in [4.78, 5) is 17.0. The van der Waals surface area contributed by atoms with Crippen molar-refractivity contribution in [2.45, 2.75) is 12.4 Å². The maximum Gasteiger partial charge on any atom is 0.245 e. The summed E-state index contributed by atoms with van der Waals surface area (Å²) in [6.45, 7) is 0.586. The van der Waals surface area contributed by atoms with E-state index in [4.69, 9.17) is 16.3 Å². The molecular formula is C11H10ClN5OS. The molecule has 0 bridgehead atoms. The maximum atomic E-state index is 5.95. The minimum atomic E-state index is 0.295. The van der Waals surface area contributed by atoms with Gasteiger partial charge in [0.15, 0.2) is 11.2 Å². The third-order valence-corrected chi connectivity index (χ3v) is 3.57. The zero-order valence-electron chi connectivity index (χ0n) is 10.1. The molecule has 0 spiro atoms. The highest BCUT2D eigenvalue weighted by Crippen LogP contribution is 2.23. The molecule has 0 amide bonds. The van der Waals surface area contributed by atoms with E-state index in [1.807, 2.05) is 9.95 Å². The standard InChI is InChI=1S/C11H10ClN5OS/c1-18-11-9-10(13-5-14-11)17(8(2-12)16-9)3-7-4-19-6-15-7/h4-6H,2-3H2,1H3. The Kier molecular flexibility index (Phi) is 3.31. The predicted octanol–water partition coefficient (Wildman–Crippen LogP) is 2.08. The number of ether oxygens (including phenoxy) is 1. The molecule has 19 heavy (non-hydrogen) atoms. The molecule has 3 rings (SSSR count). The van der Waals surface area contributed by atoms with Crippen molar-refractivity contribution >= 4 is 34.1 Å². The highest BCUT2D eigenvalue weighted by molar-refractivity contribution is 7.07. The Morgan fingerprint density at radius 3 is 2.95 bits per heavy atom. The molecule has 0 aliphatic carbocycles. The van der Waals surface area contributed by atoms with Gasteiger partial charge in [-0.3, -0.25) is 0 Å². The SMILES string of the molecule is COc1ncnc2c1nc(CCl)n2Cc1cscn1. The van der Waals surface area contributed by atoms with Gasteiger partial charge in [-0.2, -0.15) is 4.98 Å². The van der Waals surface area contributed by atoms with E-state index in [-0.39, 0.29) is 0 Å². The van der Waals surface area contributed by atoms with E-state index in [0.29, 0.717) is 29.5 Å². The first-order valence-corrected chi connectivity index (χ1v) is 6.98. The lowest BCUT2D eigenvalue weighted by Gasteiger charge is -2.04. The highest BCUT2D eigenvalue weighted by atomic mass is 35.5. The second-order valence-electron chi connectivity index (χ2n) is 3.78. The minimum absolute atomic E-state index is 0.295. The lowest BCUT2D eigenvalue weighted by atomic mass is 10.4. The van der Waals surface area contributed by atoms with Crippen molar-refractivity contribution in [2.75, 3.05) is 7.11 Å². The van der Waals surface area contributed by atoms with Crippen LogP contribution < -0.4 is 4.74 Å². The Morgan fingerprint density at radius 1 is 1.37 bits per heavy atom. The van der Waals surface area contributed by atoms with Crippen LogP contribution in [0.5, 0.6) is 5.88 Å². The fourth-order valence-corrected chi connectivity index (χ4v) is 2.61. The molecule has 0 unspecified atom stereocenters. The van der Waals surface area contributed by atoms with Crippen LogP contribution in [0.2, 0.25) is 0 Å². The smallest absolute Gasteiger partial charge is 0.245 e. The van der Waals surface area contributed by atoms with Crippen LogP contribution in [-0.2, 0) is 12.4 Å². The Hall–Kier alpha value is -1.73. The van der Waals surface area contributed by atoms with Gasteiger partial charge in [-0.1, -0.05) is 0 Å². The van der Waals surface area contributed by atoms with Crippen molar-refractivity contribution < 1.29 is 4.74 Å². The van der Waals surface area contributed by atoms with Crippen LogP contribution >= 0.6 is 22.9 Å². The Labute approximate surface area is 118 Å². The van der Waals surface area contributed by atoms with E-state index in [0.717, 1.165) is 11.5 Å². The molecule has 0 saturated carbocycles. The van der Waals surface area contributed by atoms with Gasteiger partial charge in [0.25, 0.3) is 0 Å². The largest absolute Gasteiger partial charge is 0.479 e. The van der Waals surface area contributed by atoms with Gasteiger partial charge >= 0.3 is 0 Å². The molecule has 98 valence electrons. The molecule has 0 saturated heterocycles. The molecular weight excluding hydrogens is 286 g/mol. The van der Waals surface area contributed by atoms with E-state index >= 15 is 0 Å². The minimum Gasteiger partial charge on any atom is -0.479 e. The second kappa shape index (κ2) is 5.10. The lowest BCUT2D eigenvalue weighted by Crippen LogP contribution is -2.05. The average molecular weight is 296 g/mol. The number of imidazole rings is 1. The van der Waals surface area contributed by atoms with Crippen LogP contribution in [0.1, 0.15) is 11.5 Å². The molecule has 3 aromatic rings. The zero-order valence-corrected chi connectivity index (χ0v) is 11.6. The number of aromatic nitrogens is 5. The maximum absolute atomic E-state index is 5.95. The third-order valence-electron chi connectivity index (χ3n) is 2.69. The van der Waals surface area contributed by atoms with E-state index in [2.05, 4.69) is 19.9 Å². The van der Waals surface area contributed by atoms with Crippen LogP contribution in [0, 0.1) is 0 Å². The average Bonchev–Trinajstić information content (AvgIpc) is 3.07. The fraction of sp³-hybridized carbons (Fsp3) is 0.273.